The smallest absolute Gasteiger partial charge is 0.251 e. The first-order chi connectivity index (χ1) is 14.5. The van der Waals surface area contributed by atoms with Crippen LogP contribution in [0.15, 0.2) is 46.9 Å². The molecule has 10 heteroatoms. The molecule has 0 unspecified atom stereocenters. The summed E-state index contributed by atoms with van der Waals surface area (Å²) in [4.78, 5) is 13.9. The molecule has 0 spiro atoms. The van der Waals surface area contributed by atoms with Crippen molar-refractivity contribution in [1.29, 1.82) is 0 Å². The first kappa shape index (κ1) is 20.7. The molecule has 3 heterocycles. The van der Waals surface area contributed by atoms with Gasteiger partial charge < -0.3 is 9.88 Å². The zero-order valence-corrected chi connectivity index (χ0v) is 18.2. The van der Waals surface area contributed by atoms with Gasteiger partial charge in [-0.2, -0.15) is 4.31 Å². The highest BCUT2D eigenvalue weighted by atomic mass is 32.2. The highest BCUT2D eigenvalue weighted by Gasteiger charge is 2.29. The molecule has 2 aromatic heterocycles. The lowest BCUT2D eigenvalue weighted by atomic mass is 10.1. The number of hydrogen-bond acceptors (Lipinski definition) is 6. The highest BCUT2D eigenvalue weighted by molar-refractivity contribution is 7.89. The fraction of sp³-hybridized carbons (Fsp3) is 0.350. The van der Waals surface area contributed by atoms with Crippen LogP contribution in [0.5, 0.6) is 0 Å². The SMILES string of the molecule is CCn1cnnc1CCNC(=O)c1cccc(S(=O)(=O)N2CCc3sccc3C2)c1. The number of rotatable bonds is 7. The Morgan fingerprint density at radius 1 is 1.30 bits per heavy atom. The molecule has 1 aliphatic rings. The van der Waals surface area contributed by atoms with E-state index in [2.05, 4.69) is 15.5 Å². The van der Waals surface area contributed by atoms with Crippen LogP contribution in [0.25, 0.3) is 0 Å². The van der Waals surface area contributed by atoms with E-state index in [4.69, 9.17) is 0 Å². The Labute approximate surface area is 179 Å². The average molecular weight is 446 g/mol. The maximum absolute atomic E-state index is 13.1. The van der Waals surface area contributed by atoms with E-state index in [1.165, 1.54) is 15.2 Å². The zero-order valence-electron chi connectivity index (χ0n) is 16.6. The van der Waals surface area contributed by atoms with Crippen LogP contribution in [0.2, 0.25) is 0 Å². The summed E-state index contributed by atoms with van der Waals surface area (Å²) >= 11 is 1.66. The number of nitrogens with one attached hydrogen (secondary N) is 1. The topological polar surface area (TPSA) is 97.2 Å². The third-order valence-corrected chi connectivity index (χ3v) is 8.04. The maximum atomic E-state index is 13.1. The van der Waals surface area contributed by atoms with Gasteiger partial charge in [0.05, 0.1) is 4.90 Å². The Morgan fingerprint density at radius 2 is 2.17 bits per heavy atom. The summed E-state index contributed by atoms with van der Waals surface area (Å²) < 4.78 is 29.6. The summed E-state index contributed by atoms with van der Waals surface area (Å²) in [6, 6.07) is 8.19. The van der Waals surface area contributed by atoms with Crippen molar-refractivity contribution < 1.29 is 13.2 Å². The molecule has 1 aromatic carbocycles. The predicted octanol–water partition coefficient (Wildman–Crippen LogP) is 2.08. The van der Waals surface area contributed by atoms with Gasteiger partial charge in [0.15, 0.2) is 0 Å². The number of aryl methyl sites for hydroxylation is 1. The van der Waals surface area contributed by atoms with Crippen molar-refractivity contribution in [1.82, 2.24) is 24.4 Å². The van der Waals surface area contributed by atoms with E-state index in [9.17, 15) is 13.2 Å². The molecule has 1 N–H and O–H groups in total. The van der Waals surface area contributed by atoms with Crippen molar-refractivity contribution in [3.63, 3.8) is 0 Å². The molecule has 158 valence electrons. The number of carbonyl (C=O) groups excluding carboxylic acids is 1. The second-order valence-corrected chi connectivity index (χ2v) is 9.96. The minimum Gasteiger partial charge on any atom is -0.352 e. The number of fused-ring (bicyclic) bond motifs is 1. The maximum Gasteiger partial charge on any atom is 0.251 e. The quantitative estimate of drug-likeness (QED) is 0.601. The minimum absolute atomic E-state index is 0.138. The second-order valence-electron chi connectivity index (χ2n) is 7.02. The van der Waals surface area contributed by atoms with Gasteiger partial charge in [-0.1, -0.05) is 6.07 Å². The van der Waals surface area contributed by atoms with Crippen molar-refractivity contribution in [3.05, 3.63) is 63.9 Å². The third-order valence-electron chi connectivity index (χ3n) is 5.18. The summed E-state index contributed by atoms with van der Waals surface area (Å²) in [5.74, 6) is 0.486. The van der Waals surface area contributed by atoms with Crippen molar-refractivity contribution in [2.45, 2.75) is 37.8 Å². The molecular formula is C20H23N5O3S2. The van der Waals surface area contributed by atoms with Crippen LogP contribution >= 0.6 is 11.3 Å². The van der Waals surface area contributed by atoms with E-state index in [0.717, 1.165) is 24.4 Å². The second kappa shape index (κ2) is 8.66. The summed E-state index contributed by atoms with van der Waals surface area (Å²) in [5.41, 5.74) is 1.38. The molecule has 0 atom stereocenters. The molecule has 8 nitrogen and oxygen atoms in total. The van der Waals surface area contributed by atoms with Crippen molar-refractivity contribution >= 4 is 27.3 Å². The van der Waals surface area contributed by atoms with Gasteiger partial charge in [-0.25, -0.2) is 8.42 Å². The highest BCUT2D eigenvalue weighted by Crippen LogP contribution is 2.28. The molecule has 0 radical (unpaired) electrons. The van der Waals surface area contributed by atoms with Crippen LogP contribution in [0.4, 0.5) is 0 Å². The Hall–Kier alpha value is -2.56. The standard InChI is InChI=1S/C20H23N5O3S2/c1-2-24-14-22-23-19(24)6-9-21-20(26)15-4-3-5-17(12-15)30(27,28)25-10-7-18-16(13-25)8-11-29-18/h3-5,8,11-12,14H,2,6-7,9-10,13H2,1H3,(H,21,26). The van der Waals surface area contributed by atoms with Crippen LogP contribution in [-0.4, -0.2) is 46.5 Å². The molecular weight excluding hydrogens is 422 g/mol. The summed E-state index contributed by atoms with van der Waals surface area (Å²) in [7, 11) is -3.67. The van der Waals surface area contributed by atoms with Gasteiger partial charge >= 0.3 is 0 Å². The monoisotopic (exact) mass is 445 g/mol. The van der Waals surface area contributed by atoms with E-state index >= 15 is 0 Å². The molecule has 0 saturated carbocycles. The van der Waals surface area contributed by atoms with Gasteiger partial charge in [0.25, 0.3) is 5.91 Å². The largest absolute Gasteiger partial charge is 0.352 e. The number of sulfonamides is 1. The first-order valence-corrected chi connectivity index (χ1v) is 12.1. The third kappa shape index (κ3) is 4.16. The van der Waals surface area contributed by atoms with Crippen molar-refractivity contribution in [2.24, 2.45) is 0 Å². The number of amides is 1. The van der Waals surface area contributed by atoms with Gasteiger partial charge in [-0.3, -0.25) is 4.79 Å². The molecule has 0 fully saturated rings. The van der Waals surface area contributed by atoms with E-state index in [0.29, 0.717) is 31.6 Å². The van der Waals surface area contributed by atoms with E-state index in [1.807, 2.05) is 22.9 Å². The van der Waals surface area contributed by atoms with Crippen LogP contribution in [-0.2, 0) is 36.0 Å². The van der Waals surface area contributed by atoms with Crippen molar-refractivity contribution in [2.75, 3.05) is 13.1 Å². The number of benzene rings is 1. The lowest BCUT2D eigenvalue weighted by molar-refractivity contribution is 0.0953. The van der Waals surface area contributed by atoms with Crippen LogP contribution in [0.3, 0.4) is 0 Å². The number of aromatic nitrogens is 3. The molecule has 1 amide bonds. The van der Waals surface area contributed by atoms with Gasteiger partial charge in [0.2, 0.25) is 10.0 Å². The predicted molar refractivity (Wildman–Crippen MR) is 114 cm³/mol. The van der Waals surface area contributed by atoms with E-state index in [-0.39, 0.29) is 10.8 Å². The Morgan fingerprint density at radius 3 is 3.00 bits per heavy atom. The van der Waals surface area contributed by atoms with Gasteiger partial charge in [0, 0.05) is 43.0 Å². The van der Waals surface area contributed by atoms with E-state index < -0.39 is 10.0 Å². The molecule has 0 aliphatic carbocycles. The molecule has 30 heavy (non-hydrogen) atoms. The lowest BCUT2D eigenvalue weighted by Crippen LogP contribution is -2.35. The molecule has 3 aromatic rings. The summed E-state index contributed by atoms with van der Waals surface area (Å²) in [5, 5.41) is 12.7. The molecule has 4 rings (SSSR count). The van der Waals surface area contributed by atoms with Gasteiger partial charge in [-0.05, 0) is 48.6 Å². The Kier molecular flexibility index (Phi) is 5.98. The van der Waals surface area contributed by atoms with Crippen molar-refractivity contribution in [3.8, 4) is 0 Å². The molecule has 0 saturated heterocycles. The van der Waals surface area contributed by atoms with Crippen LogP contribution in [0, 0.1) is 0 Å². The van der Waals surface area contributed by atoms with E-state index in [1.54, 1.807) is 35.9 Å². The number of hydrogen-bond donors (Lipinski definition) is 1. The fourth-order valence-electron chi connectivity index (χ4n) is 3.50. The van der Waals surface area contributed by atoms with Crippen LogP contribution in [0.1, 0.15) is 33.5 Å². The molecule has 1 aliphatic heterocycles. The fourth-order valence-corrected chi connectivity index (χ4v) is 5.86. The average Bonchev–Trinajstić information content (AvgIpc) is 3.42. The number of thiophene rings is 1. The summed E-state index contributed by atoms with van der Waals surface area (Å²) in [6.45, 7) is 3.97. The Bertz CT molecular complexity index is 1150. The lowest BCUT2D eigenvalue weighted by Gasteiger charge is -2.26. The van der Waals surface area contributed by atoms with Gasteiger partial charge in [0.1, 0.15) is 12.2 Å². The van der Waals surface area contributed by atoms with Crippen LogP contribution < -0.4 is 5.32 Å². The molecule has 0 bridgehead atoms. The normalized spacial score (nSPS) is 14.4. The number of nitrogens with zero attached hydrogens (tertiary/aromatic N) is 4. The van der Waals surface area contributed by atoms with Gasteiger partial charge in [-0.15, -0.1) is 21.5 Å². The first-order valence-electron chi connectivity index (χ1n) is 9.79. The zero-order chi connectivity index (χ0) is 21.1. The number of carbonyl (C=O) groups is 1. The summed E-state index contributed by atoms with van der Waals surface area (Å²) in [6.07, 6.45) is 2.92. The minimum atomic E-state index is -3.67. The Balaban J connectivity index is 1.43.